The highest BCUT2D eigenvalue weighted by Crippen LogP contribution is 2.25. The second-order valence-corrected chi connectivity index (χ2v) is 5.86. The van der Waals surface area contributed by atoms with E-state index in [0.29, 0.717) is 13.1 Å². The minimum absolute atomic E-state index is 0.0359. The zero-order valence-corrected chi connectivity index (χ0v) is 12.8. The molecule has 0 aromatic heterocycles. The number of carbonyl (C=O) groups excluding carboxylic acids is 3. The maximum absolute atomic E-state index is 12.5. The molecule has 3 rings (SSSR count). The molecule has 2 N–H and O–H groups in total. The Bertz CT molecular complexity index is 619. The molecular weight excluding hydrogens is 298 g/mol. The van der Waals surface area contributed by atoms with Gasteiger partial charge in [-0.2, -0.15) is 0 Å². The average molecular weight is 317 g/mol. The maximum atomic E-state index is 12.5. The van der Waals surface area contributed by atoms with Gasteiger partial charge in [0, 0.05) is 6.54 Å². The minimum atomic E-state index is -0.789. The highest BCUT2D eigenvalue weighted by molar-refractivity contribution is 6.05. The van der Waals surface area contributed by atoms with Crippen LogP contribution in [0.1, 0.15) is 25.0 Å². The molecule has 7 heteroatoms. The topological polar surface area (TPSA) is 87.7 Å². The van der Waals surface area contributed by atoms with Crippen LogP contribution in [0.15, 0.2) is 30.3 Å². The summed E-state index contributed by atoms with van der Waals surface area (Å²) >= 11 is 0. The van der Waals surface area contributed by atoms with Crippen LogP contribution < -0.4 is 10.6 Å². The lowest BCUT2D eigenvalue weighted by Gasteiger charge is -2.37. The molecule has 0 radical (unpaired) electrons. The smallest absolute Gasteiger partial charge is 0.322 e. The number of hydrogen-bond donors (Lipinski definition) is 2. The van der Waals surface area contributed by atoms with Crippen molar-refractivity contribution in [3.63, 3.8) is 0 Å². The Morgan fingerprint density at radius 3 is 2.65 bits per heavy atom. The van der Waals surface area contributed by atoms with Crippen LogP contribution in [-0.2, 0) is 14.3 Å². The Balaban J connectivity index is 1.66. The first kappa shape index (κ1) is 15.5. The van der Waals surface area contributed by atoms with Gasteiger partial charge >= 0.3 is 6.03 Å². The Kier molecular flexibility index (Phi) is 4.29. The number of rotatable bonds is 3. The molecule has 0 bridgehead atoms. The third-order valence-electron chi connectivity index (χ3n) is 4.02. The number of hydrogen-bond acceptors (Lipinski definition) is 4. The first-order chi connectivity index (χ1) is 11.0. The minimum Gasteiger partial charge on any atom is -0.367 e. The van der Waals surface area contributed by atoms with Gasteiger partial charge in [0.25, 0.3) is 5.91 Å². The molecule has 122 valence electrons. The van der Waals surface area contributed by atoms with Gasteiger partial charge in [-0.3, -0.25) is 14.9 Å². The lowest BCUT2D eigenvalue weighted by Crippen LogP contribution is -2.48. The molecule has 2 saturated heterocycles. The van der Waals surface area contributed by atoms with E-state index in [1.54, 1.807) is 4.90 Å². The van der Waals surface area contributed by atoms with Gasteiger partial charge in [-0.05, 0) is 12.5 Å². The largest absolute Gasteiger partial charge is 0.367 e. The maximum Gasteiger partial charge on any atom is 0.322 e. The van der Waals surface area contributed by atoms with Crippen LogP contribution in [0.5, 0.6) is 0 Å². The van der Waals surface area contributed by atoms with Crippen LogP contribution >= 0.6 is 0 Å². The molecule has 0 aliphatic carbocycles. The van der Waals surface area contributed by atoms with Gasteiger partial charge in [0.1, 0.15) is 12.1 Å². The zero-order chi connectivity index (χ0) is 16.4. The van der Waals surface area contributed by atoms with E-state index in [1.165, 1.54) is 0 Å². The van der Waals surface area contributed by atoms with Crippen LogP contribution in [0.2, 0.25) is 0 Å². The molecule has 1 aromatic rings. The second-order valence-electron chi connectivity index (χ2n) is 5.86. The molecule has 0 unspecified atom stereocenters. The molecule has 0 spiro atoms. The van der Waals surface area contributed by atoms with Gasteiger partial charge in [0.2, 0.25) is 5.91 Å². The summed E-state index contributed by atoms with van der Waals surface area (Å²) in [5, 5.41) is 4.58. The van der Waals surface area contributed by atoms with Crippen molar-refractivity contribution in [2.75, 3.05) is 13.1 Å². The van der Waals surface area contributed by atoms with Crippen molar-refractivity contribution in [1.82, 2.24) is 15.5 Å². The molecule has 7 nitrogen and oxygen atoms in total. The summed E-state index contributed by atoms with van der Waals surface area (Å²) in [4.78, 5) is 36.9. The molecule has 3 atom stereocenters. The van der Waals surface area contributed by atoms with E-state index in [1.807, 2.05) is 37.3 Å². The van der Waals surface area contributed by atoms with Crippen molar-refractivity contribution in [2.45, 2.75) is 31.6 Å². The van der Waals surface area contributed by atoms with Crippen LogP contribution in [0, 0.1) is 0 Å². The Morgan fingerprint density at radius 1 is 1.26 bits per heavy atom. The van der Waals surface area contributed by atoms with Crippen molar-refractivity contribution < 1.29 is 19.1 Å². The monoisotopic (exact) mass is 317 g/mol. The van der Waals surface area contributed by atoms with Gasteiger partial charge in [0.05, 0.1) is 19.1 Å². The van der Waals surface area contributed by atoms with Gasteiger partial charge in [0.15, 0.2) is 0 Å². The number of benzene rings is 1. The van der Waals surface area contributed by atoms with E-state index < -0.39 is 18.0 Å². The molecule has 1 aromatic carbocycles. The molecular formula is C16H19N3O4. The number of carbonyl (C=O) groups is 3. The summed E-state index contributed by atoms with van der Waals surface area (Å²) in [5.41, 5.74) is 1.02. The SMILES string of the molecule is C[C@@H]1CN(C(=O)C[C@H]2NC(=O)NC2=O)C[C@H](c2ccccc2)O1. The third-order valence-corrected chi connectivity index (χ3v) is 4.02. The number of nitrogens with zero attached hydrogens (tertiary/aromatic N) is 1. The molecule has 2 aliphatic rings. The van der Waals surface area contributed by atoms with Crippen molar-refractivity contribution in [2.24, 2.45) is 0 Å². The summed E-state index contributed by atoms with van der Waals surface area (Å²) in [6.45, 7) is 2.83. The van der Waals surface area contributed by atoms with E-state index in [4.69, 9.17) is 4.74 Å². The molecule has 23 heavy (non-hydrogen) atoms. The normalized spacial score (nSPS) is 27.5. The number of morpholine rings is 1. The molecule has 2 heterocycles. The highest BCUT2D eigenvalue weighted by Gasteiger charge is 2.35. The average Bonchev–Trinajstić information content (AvgIpc) is 2.85. The van der Waals surface area contributed by atoms with E-state index in [0.717, 1.165) is 5.56 Å². The van der Waals surface area contributed by atoms with Gasteiger partial charge in [-0.25, -0.2) is 4.79 Å². The molecule has 0 saturated carbocycles. The summed E-state index contributed by atoms with van der Waals surface area (Å²) in [7, 11) is 0. The van der Waals surface area contributed by atoms with E-state index in [-0.39, 0.29) is 24.5 Å². The third kappa shape index (κ3) is 3.50. The van der Waals surface area contributed by atoms with Gasteiger partial charge in [-0.1, -0.05) is 30.3 Å². The number of nitrogens with one attached hydrogen (secondary N) is 2. The van der Waals surface area contributed by atoms with Crippen LogP contribution in [0.4, 0.5) is 4.79 Å². The molecule has 4 amide bonds. The van der Waals surface area contributed by atoms with Crippen molar-refractivity contribution in [3.05, 3.63) is 35.9 Å². The van der Waals surface area contributed by atoms with Crippen molar-refractivity contribution in [3.8, 4) is 0 Å². The van der Waals surface area contributed by atoms with E-state index in [9.17, 15) is 14.4 Å². The molecule has 2 fully saturated rings. The fourth-order valence-corrected chi connectivity index (χ4v) is 2.91. The van der Waals surface area contributed by atoms with Crippen molar-refractivity contribution >= 4 is 17.8 Å². The summed E-state index contributed by atoms with van der Waals surface area (Å²) in [6, 6.07) is 8.39. The summed E-state index contributed by atoms with van der Waals surface area (Å²) in [5.74, 6) is -0.618. The highest BCUT2D eigenvalue weighted by atomic mass is 16.5. The second kappa shape index (κ2) is 6.37. The quantitative estimate of drug-likeness (QED) is 0.798. The predicted molar refractivity (Wildman–Crippen MR) is 81.4 cm³/mol. The van der Waals surface area contributed by atoms with Crippen LogP contribution in [-0.4, -0.2) is 48.0 Å². The summed E-state index contributed by atoms with van der Waals surface area (Å²) in [6.07, 6.45) is -0.313. The van der Waals surface area contributed by atoms with Gasteiger partial charge in [-0.15, -0.1) is 0 Å². The van der Waals surface area contributed by atoms with Gasteiger partial charge < -0.3 is 15.0 Å². The lowest BCUT2D eigenvalue weighted by molar-refractivity contribution is -0.146. The lowest BCUT2D eigenvalue weighted by atomic mass is 10.1. The van der Waals surface area contributed by atoms with E-state index in [2.05, 4.69) is 10.6 Å². The standard InChI is InChI=1S/C16H19N3O4/c1-10-8-19(9-13(23-10)11-5-3-2-4-6-11)14(20)7-12-15(21)18-16(22)17-12/h2-6,10,12-13H,7-9H2,1H3,(H2,17,18,21,22)/t10-,12-,13-/m1/s1. The Hall–Kier alpha value is -2.41. The van der Waals surface area contributed by atoms with E-state index >= 15 is 0 Å². The zero-order valence-electron chi connectivity index (χ0n) is 12.8. The number of amides is 4. The summed E-state index contributed by atoms with van der Waals surface area (Å²) < 4.78 is 5.92. The van der Waals surface area contributed by atoms with Crippen molar-refractivity contribution in [1.29, 1.82) is 0 Å². The fraction of sp³-hybridized carbons (Fsp3) is 0.438. The first-order valence-corrected chi connectivity index (χ1v) is 7.62. The Labute approximate surface area is 134 Å². The van der Waals surface area contributed by atoms with Crippen LogP contribution in [0.3, 0.4) is 0 Å². The predicted octanol–water partition coefficient (Wildman–Crippen LogP) is 0.573. The molecule has 2 aliphatic heterocycles. The number of ether oxygens (including phenoxy) is 1. The Morgan fingerprint density at radius 2 is 2.00 bits per heavy atom. The number of urea groups is 1. The fourth-order valence-electron chi connectivity index (χ4n) is 2.91. The number of imide groups is 1. The first-order valence-electron chi connectivity index (χ1n) is 7.62. The van der Waals surface area contributed by atoms with Crippen LogP contribution in [0.25, 0.3) is 0 Å².